The van der Waals surface area contributed by atoms with Crippen LogP contribution in [0.25, 0.3) is 0 Å². The van der Waals surface area contributed by atoms with Crippen LogP contribution in [0.3, 0.4) is 0 Å². The molecule has 0 amide bonds. The van der Waals surface area contributed by atoms with Crippen molar-refractivity contribution in [1.29, 1.82) is 0 Å². The zero-order valence-corrected chi connectivity index (χ0v) is 12.3. The lowest BCUT2D eigenvalue weighted by Crippen LogP contribution is -2.49. The molecule has 3 aliphatic carbocycles. The van der Waals surface area contributed by atoms with Crippen LogP contribution in [0.1, 0.15) is 56.1 Å². The predicted molar refractivity (Wildman–Crippen MR) is 79.3 cm³/mol. The molecule has 20 heavy (non-hydrogen) atoms. The Hall–Kier alpha value is -1.18. The average Bonchev–Trinajstić information content (AvgIpc) is 2.47. The molecule has 2 fully saturated rings. The van der Waals surface area contributed by atoms with Crippen LogP contribution < -0.4 is 4.74 Å². The van der Waals surface area contributed by atoms with Crippen LogP contribution in [0, 0.1) is 11.8 Å². The van der Waals surface area contributed by atoms with E-state index in [1.807, 2.05) is 6.07 Å². The SMILES string of the molecule is COc1ccc2c(c1O)[C@]13CCCCC1[C@@H](CCC3)C2. The van der Waals surface area contributed by atoms with Crippen LogP contribution in [-0.2, 0) is 11.8 Å². The van der Waals surface area contributed by atoms with Gasteiger partial charge in [0.25, 0.3) is 0 Å². The van der Waals surface area contributed by atoms with Crippen molar-refractivity contribution in [2.24, 2.45) is 11.8 Å². The highest BCUT2D eigenvalue weighted by molar-refractivity contribution is 5.55. The number of hydrogen-bond acceptors (Lipinski definition) is 2. The summed E-state index contributed by atoms with van der Waals surface area (Å²) in [5.41, 5.74) is 2.91. The first-order chi connectivity index (χ1) is 9.76. The fraction of sp³-hybridized carbons (Fsp3) is 0.667. The van der Waals surface area contributed by atoms with Crippen LogP contribution in [0.2, 0.25) is 0 Å². The molecule has 2 bridgehead atoms. The van der Waals surface area contributed by atoms with Crippen molar-refractivity contribution in [3.8, 4) is 11.5 Å². The molecule has 2 heteroatoms. The number of phenolic OH excluding ortho intramolecular Hbond substituents is 1. The second-order valence-corrected chi connectivity index (χ2v) is 7.02. The van der Waals surface area contributed by atoms with E-state index in [0.717, 1.165) is 11.8 Å². The lowest BCUT2D eigenvalue weighted by atomic mass is 9.49. The number of ether oxygens (including phenoxy) is 1. The first-order valence-corrected chi connectivity index (χ1v) is 8.15. The Labute approximate surface area is 121 Å². The number of aromatic hydroxyl groups is 1. The molecule has 3 aliphatic rings. The van der Waals surface area contributed by atoms with Crippen molar-refractivity contribution in [3.05, 3.63) is 23.3 Å². The third kappa shape index (κ3) is 1.51. The Morgan fingerprint density at radius 1 is 1.15 bits per heavy atom. The van der Waals surface area contributed by atoms with E-state index in [0.29, 0.717) is 11.5 Å². The average molecular weight is 272 g/mol. The summed E-state index contributed by atoms with van der Waals surface area (Å²) in [6.45, 7) is 0. The molecular formula is C18H24O2. The summed E-state index contributed by atoms with van der Waals surface area (Å²) in [5.74, 6) is 2.75. The molecule has 0 aromatic heterocycles. The van der Waals surface area contributed by atoms with Crippen molar-refractivity contribution >= 4 is 0 Å². The van der Waals surface area contributed by atoms with Crippen LogP contribution >= 0.6 is 0 Å². The van der Waals surface area contributed by atoms with Crippen LogP contribution in [0.4, 0.5) is 0 Å². The van der Waals surface area contributed by atoms with Gasteiger partial charge in [-0.2, -0.15) is 0 Å². The van der Waals surface area contributed by atoms with E-state index >= 15 is 0 Å². The summed E-state index contributed by atoms with van der Waals surface area (Å²) in [6.07, 6.45) is 10.5. The fourth-order valence-electron chi connectivity index (χ4n) is 5.61. The second-order valence-electron chi connectivity index (χ2n) is 7.02. The van der Waals surface area contributed by atoms with E-state index in [4.69, 9.17) is 4.74 Å². The molecule has 4 rings (SSSR count). The number of fused-ring (bicyclic) bond motifs is 1. The van der Waals surface area contributed by atoms with Gasteiger partial charge in [-0.05, 0) is 55.6 Å². The van der Waals surface area contributed by atoms with E-state index in [2.05, 4.69) is 6.07 Å². The first kappa shape index (κ1) is 12.6. The normalized spacial score (nSPS) is 35.0. The molecule has 1 aromatic rings. The number of rotatable bonds is 1. The molecule has 1 unspecified atom stereocenters. The lowest BCUT2D eigenvalue weighted by molar-refractivity contribution is 0.0498. The largest absolute Gasteiger partial charge is 0.504 e. The van der Waals surface area contributed by atoms with Gasteiger partial charge in [0.05, 0.1) is 7.11 Å². The highest BCUT2D eigenvalue weighted by atomic mass is 16.5. The van der Waals surface area contributed by atoms with Gasteiger partial charge < -0.3 is 9.84 Å². The Morgan fingerprint density at radius 2 is 2.00 bits per heavy atom. The van der Waals surface area contributed by atoms with Gasteiger partial charge in [0.2, 0.25) is 0 Å². The van der Waals surface area contributed by atoms with E-state index in [1.54, 1.807) is 7.11 Å². The molecule has 2 saturated carbocycles. The molecule has 0 heterocycles. The smallest absolute Gasteiger partial charge is 0.161 e. The minimum atomic E-state index is 0.257. The van der Waals surface area contributed by atoms with Gasteiger partial charge in [-0.3, -0.25) is 0 Å². The zero-order valence-electron chi connectivity index (χ0n) is 12.3. The summed E-state index contributed by atoms with van der Waals surface area (Å²) >= 11 is 0. The maximum absolute atomic E-state index is 10.8. The maximum Gasteiger partial charge on any atom is 0.161 e. The van der Waals surface area contributed by atoms with E-state index in [1.165, 1.54) is 62.5 Å². The van der Waals surface area contributed by atoms with Crippen molar-refractivity contribution < 1.29 is 9.84 Å². The molecule has 2 nitrogen and oxygen atoms in total. The molecule has 0 saturated heterocycles. The van der Waals surface area contributed by atoms with Crippen LogP contribution in [0.15, 0.2) is 12.1 Å². The minimum absolute atomic E-state index is 0.257. The Kier molecular flexibility index (Phi) is 2.77. The van der Waals surface area contributed by atoms with Gasteiger partial charge >= 0.3 is 0 Å². The summed E-state index contributed by atoms with van der Waals surface area (Å²) in [5, 5.41) is 10.8. The second kappa shape index (κ2) is 4.41. The maximum atomic E-state index is 10.8. The Balaban J connectivity index is 1.94. The lowest BCUT2D eigenvalue weighted by Gasteiger charge is -2.55. The zero-order chi connectivity index (χ0) is 13.7. The predicted octanol–water partition coefficient (Wildman–Crippen LogP) is 4.19. The van der Waals surface area contributed by atoms with Crippen LogP contribution in [0.5, 0.6) is 11.5 Å². The van der Waals surface area contributed by atoms with Gasteiger partial charge in [-0.1, -0.05) is 25.3 Å². The highest BCUT2D eigenvalue weighted by Crippen LogP contribution is 2.61. The van der Waals surface area contributed by atoms with Crippen molar-refractivity contribution in [2.75, 3.05) is 7.11 Å². The highest BCUT2D eigenvalue weighted by Gasteiger charge is 2.52. The van der Waals surface area contributed by atoms with E-state index in [-0.39, 0.29) is 5.41 Å². The van der Waals surface area contributed by atoms with Crippen molar-refractivity contribution in [3.63, 3.8) is 0 Å². The van der Waals surface area contributed by atoms with Crippen LogP contribution in [-0.4, -0.2) is 12.2 Å². The van der Waals surface area contributed by atoms with Crippen molar-refractivity contribution in [1.82, 2.24) is 0 Å². The molecule has 0 spiro atoms. The van der Waals surface area contributed by atoms with E-state index < -0.39 is 0 Å². The monoisotopic (exact) mass is 272 g/mol. The molecule has 0 aliphatic heterocycles. The van der Waals surface area contributed by atoms with Gasteiger partial charge in [-0.15, -0.1) is 0 Å². The molecule has 108 valence electrons. The standard InChI is InChI=1S/C18H24O2/c1-20-15-8-7-13-11-12-5-4-10-18(16(13)17(15)19)9-3-2-6-14(12)18/h7-8,12,14,19H,2-6,9-11H2,1H3/t12-,14?,18-/m0/s1. The third-order valence-corrected chi connectivity index (χ3v) is 6.29. The molecule has 0 radical (unpaired) electrons. The number of hydrogen-bond donors (Lipinski definition) is 1. The van der Waals surface area contributed by atoms with Gasteiger partial charge in [0, 0.05) is 11.0 Å². The number of phenols is 1. The summed E-state index contributed by atoms with van der Waals surface area (Å²) < 4.78 is 5.38. The van der Waals surface area contributed by atoms with Gasteiger partial charge in [0.1, 0.15) is 0 Å². The van der Waals surface area contributed by atoms with Gasteiger partial charge in [-0.25, -0.2) is 0 Å². The Bertz CT molecular complexity index is 532. The topological polar surface area (TPSA) is 29.5 Å². The summed E-state index contributed by atoms with van der Waals surface area (Å²) in [7, 11) is 1.66. The van der Waals surface area contributed by atoms with Gasteiger partial charge in [0.15, 0.2) is 11.5 Å². The summed E-state index contributed by atoms with van der Waals surface area (Å²) in [4.78, 5) is 0. The third-order valence-electron chi connectivity index (χ3n) is 6.29. The Morgan fingerprint density at radius 3 is 2.85 bits per heavy atom. The molecule has 1 aromatic carbocycles. The molecule has 1 N–H and O–H groups in total. The fourth-order valence-corrected chi connectivity index (χ4v) is 5.61. The first-order valence-electron chi connectivity index (χ1n) is 8.15. The number of methoxy groups -OCH3 is 1. The summed E-state index contributed by atoms with van der Waals surface area (Å²) in [6, 6.07) is 4.16. The van der Waals surface area contributed by atoms with Crippen molar-refractivity contribution in [2.45, 2.75) is 56.8 Å². The molecular weight excluding hydrogens is 248 g/mol. The number of benzene rings is 1. The molecule has 3 atom stereocenters. The van der Waals surface area contributed by atoms with E-state index in [9.17, 15) is 5.11 Å². The minimum Gasteiger partial charge on any atom is -0.504 e. The quantitative estimate of drug-likeness (QED) is 0.831.